The second kappa shape index (κ2) is 8.98. The number of amides is 3. The summed E-state index contributed by atoms with van der Waals surface area (Å²) in [5, 5.41) is 2.86. The highest BCUT2D eigenvalue weighted by Crippen LogP contribution is 2.33. The second-order valence-electron chi connectivity index (χ2n) is 7.54. The fourth-order valence-electron chi connectivity index (χ4n) is 3.80. The molecule has 0 atom stereocenters. The maximum Gasteiger partial charge on any atom is 0.265 e. The Labute approximate surface area is 175 Å². The predicted octanol–water partition coefficient (Wildman–Crippen LogP) is 2.01. The van der Waals surface area contributed by atoms with Crippen LogP contribution in [0.4, 0.5) is 5.69 Å². The van der Waals surface area contributed by atoms with Crippen LogP contribution in [0.2, 0.25) is 0 Å². The number of hydrogen-bond acceptors (Lipinski definition) is 4. The molecule has 0 aromatic heterocycles. The van der Waals surface area contributed by atoms with Crippen LogP contribution in [0.25, 0.3) is 0 Å². The van der Waals surface area contributed by atoms with Crippen LogP contribution in [-0.4, -0.2) is 55.4 Å². The molecule has 0 bridgehead atoms. The quantitative estimate of drug-likeness (QED) is 0.795. The van der Waals surface area contributed by atoms with Gasteiger partial charge in [0.1, 0.15) is 12.3 Å². The minimum atomic E-state index is -0.300. The summed E-state index contributed by atoms with van der Waals surface area (Å²) in [6.07, 6.45) is 2.73. The number of fused-ring (bicyclic) bond motifs is 1. The normalized spacial score (nSPS) is 15.5. The lowest BCUT2D eigenvalue weighted by Gasteiger charge is -2.29. The van der Waals surface area contributed by atoms with Gasteiger partial charge in [-0.15, -0.1) is 0 Å². The molecular weight excluding hydrogens is 382 g/mol. The third kappa shape index (κ3) is 4.45. The highest BCUT2D eigenvalue weighted by atomic mass is 16.5. The van der Waals surface area contributed by atoms with Crippen LogP contribution in [0.3, 0.4) is 0 Å². The SMILES string of the molecule is O=C(CN1C(=O)COc2ccc(C(=O)N3CCCC3)cc21)NCCc1ccccc1. The van der Waals surface area contributed by atoms with Crippen molar-refractivity contribution in [2.45, 2.75) is 19.3 Å². The van der Waals surface area contributed by atoms with Crippen molar-refractivity contribution in [3.05, 3.63) is 59.7 Å². The molecule has 0 radical (unpaired) electrons. The van der Waals surface area contributed by atoms with Gasteiger partial charge in [-0.3, -0.25) is 19.3 Å². The lowest BCUT2D eigenvalue weighted by Crippen LogP contribution is -2.45. The molecule has 30 heavy (non-hydrogen) atoms. The van der Waals surface area contributed by atoms with Gasteiger partial charge in [0.2, 0.25) is 5.91 Å². The van der Waals surface area contributed by atoms with Crippen molar-refractivity contribution in [3.8, 4) is 5.75 Å². The Morgan fingerprint density at radius 3 is 2.57 bits per heavy atom. The van der Waals surface area contributed by atoms with Crippen LogP contribution in [0.15, 0.2) is 48.5 Å². The molecule has 2 aliphatic heterocycles. The fourth-order valence-corrected chi connectivity index (χ4v) is 3.80. The molecular formula is C23H25N3O4. The Morgan fingerprint density at radius 2 is 1.80 bits per heavy atom. The molecule has 0 unspecified atom stereocenters. The summed E-state index contributed by atoms with van der Waals surface area (Å²) in [5.41, 5.74) is 2.11. The molecule has 1 fully saturated rings. The number of anilines is 1. The number of hydrogen-bond donors (Lipinski definition) is 1. The van der Waals surface area contributed by atoms with Gasteiger partial charge in [0.05, 0.1) is 5.69 Å². The second-order valence-corrected chi connectivity index (χ2v) is 7.54. The van der Waals surface area contributed by atoms with E-state index in [-0.39, 0.29) is 30.9 Å². The van der Waals surface area contributed by atoms with Gasteiger partial charge in [0.15, 0.2) is 6.61 Å². The summed E-state index contributed by atoms with van der Waals surface area (Å²) in [4.78, 5) is 40.8. The zero-order valence-corrected chi connectivity index (χ0v) is 16.8. The van der Waals surface area contributed by atoms with E-state index in [4.69, 9.17) is 4.74 Å². The molecule has 1 saturated heterocycles. The van der Waals surface area contributed by atoms with E-state index >= 15 is 0 Å². The third-order valence-corrected chi connectivity index (χ3v) is 5.42. The van der Waals surface area contributed by atoms with E-state index in [1.54, 1.807) is 18.2 Å². The first kappa shape index (κ1) is 19.9. The molecule has 2 aliphatic rings. The van der Waals surface area contributed by atoms with Gasteiger partial charge in [-0.25, -0.2) is 0 Å². The summed E-state index contributed by atoms with van der Waals surface area (Å²) in [6.45, 7) is 1.76. The van der Waals surface area contributed by atoms with Crippen LogP contribution < -0.4 is 15.0 Å². The number of carbonyl (C=O) groups excluding carboxylic acids is 3. The van der Waals surface area contributed by atoms with E-state index in [0.29, 0.717) is 30.0 Å². The molecule has 1 N–H and O–H groups in total. The first-order chi connectivity index (χ1) is 14.6. The average Bonchev–Trinajstić information content (AvgIpc) is 3.31. The Morgan fingerprint density at radius 1 is 1.03 bits per heavy atom. The van der Waals surface area contributed by atoms with Crippen molar-refractivity contribution in [2.75, 3.05) is 37.7 Å². The average molecular weight is 407 g/mol. The van der Waals surface area contributed by atoms with E-state index in [2.05, 4.69) is 5.32 Å². The van der Waals surface area contributed by atoms with Gasteiger partial charge in [-0.1, -0.05) is 30.3 Å². The van der Waals surface area contributed by atoms with E-state index < -0.39 is 0 Å². The Bertz CT molecular complexity index is 939. The summed E-state index contributed by atoms with van der Waals surface area (Å²) in [6, 6.07) is 15.0. The van der Waals surface area contributed by atoms with Gasteiger partial charge in [-0.2, -0.15) is 0 Å². The van der Waals surface area contributed by atoms with Crippen molar-refractivity contribution < 1.29 is 19.1 Å². The fraction of sp³-hybridized carbons (Fsp3) is 0.348. The number of carbonyl (C=O) groups is 3. The van der Waals surface area contributed by atoms with Crippen LogP contribution in [0.1, 0.15) is 28.8 Å². The smallest absolute Gasteiger partial charge is 0.265 e. The van der Waals surface area contributed by atoms with Crippen LogP contribution >= 0.6 is 0 Å². The zero-order valence-electron chi connectivity index (χ0n) is 16.8. The molecule has 0 aliphatic carbocycles. The minimum Gasteiger partial charge on any atom is -0.482 e. The number of nitrogens with zero attached hydrogens (tertiary/aromatic N) is 2. The molecule has 2 aromatic carbocycles. The van der Waals surface area contributed by atoms with E-state index in [1.165, 1.54) is 4.90 Å². The van der Waals surface area contributed by atoms with Crippen LogP contribution in [0.5, 0.6) is 5.75 Å². The summed E-state index contributed by atoms with van der Waals surface area (Å²) in [7, 11) is 0. The predicted molar refractivity (Wildman–Crippen MR) is 113 cm³/mol. The Hall–Kier alpha value is -3.35. The standard InChI is InChI=1S/C23H25N3O4/c27-21(24-11-10-17-6-2-1-3-7-17)15-26-19-14-18(23(29)25-12-4-5-13-25)8-9-20(19)30-16-22(26)28/h1-3,6-9,14H,4-5,10-13,15-16H2,(H,24,27). The number of ether oxygens (including phenoxy) is 1. The van der Waals surface area contributed by atoms with Crippen molar-refractivity contribution in [1.82, 2.24) is 10.2 Å². The van der Waals surface area contributed by atoms with Crippen molar-refractivity contribution in [1.29, 1.82) is 0 Å². The van der Waals surface area contributed by atoms with Gasteiger partial charge < -0.3 is 15.0 Å². The molecule has 0 saturated carbocycles. The largest absolute Gasteiger partial charge is 0.482 e. The summed E-state index contributed by atoms with van der Waals surface area (Å²) < 4.78 is 5.50. The molecule has 4 rings (SSSR count). The monoisotopic (exact) mass is 407 g/mol. The Kier molecular flexibility index (Phi) is 5.97. The van der Waals surface area contributed by atoms with E-state index in [0.717, 1.165) is 31.5 Å². The van der Waals surface area contributed by atoms with Crippen molar-refractivity contribution in [2.24, 2.45) is 0 Å². The minimum absolute atomic E-state index is 0.0550. The van der Waals surface area contributed by atoms with Crippen LogP contribution in [0, 0.1) is 0 Å². The molecule has 7 heteroatoms. The third-order valence-electron chi connectivity index (χ3n) is 5.42. The van der Waals surface area contributed by atoms with Gasteiger partial charge >= 0.3 is 0 Å². The highest BCUT2D eigenvalue weighted by Gasteiger charge is 2.29. The lowest BCUT2D eigenvalue weighted by atomic mass is 10.1. The lowest BCUT2D eigenvalue weighted by molar-refractivity contribution is -0.125. The maximum absolute atomic E-state index is 12.7. The number of likely N-dealkylation sites (tertiary alicyclic amines) is 1. The topological polar surface area (TPSA) is 79.0 Å². The van der Waals surface area contributed by atoms with Gasteiger partial charge in [0, 0.05) is 25.2 Å². The van der Waals surface area contributed by atoms with Crippen molar-refractivity contribution in [3.63, 3.8) is 0 Å². The number of rotatable bonds is 6. The highest BCUT2D eigenvalue weighted by molar-refractivity contribution is 6.04. The number of benzene rings is 2. The van der Waals surface area contributed by atoms with Gasteiger partial charge in [-0.05, 0) is 43.0 Å². The molecule has 7 nitrogen and oxygen atoms in total. The maximum atomic E-state index is 12.7. The molecule has 2 heterocycles. The zero-order chi connectivity index (χ0) is 20.9. The molecule has 156 valence electrons. The van der Waals surface area contributed by atoms with E-state index in [1.807, 2.05) is 35.2 Å². The van der Waals surface area contributed by atoms with Crippen LogP contribution in [-0.2, 0) is 16.0 Å². The molecule has 2 aromatic rings. The Balaban J connectivity index is 1.43. The number of nitrogens with one attached hydrogen (secondary N) is 1. The first-order valence-electron chi connectivity index (χ1n) is 10.3. The summed E-state index contributed by atoms with van der Waals surface area (Å²) in [5.74, 6) is -0.0971. The van der Waals surface area contributed by atoms with Crippen molar-refractivity contribution >= 4 is 23.4 Å². The molecule has 0 spiro atoms. The molecule has 3 amide bonds. The van der Waals surface area contributed by atoms with Gasteiger partial charge in [0.25, 0.3) is 11.8 Å². The van der Waals surface area contributed by atoms with E-state index in [9.17, 15) is 14.4 Å². The first-order valence-corrected chi connectivity index (χ1v) is 10.3. The summed E-state index contributed by atoms with van der Waals surface area (Å²) >= 11 is 0.